The Labute approximate surface area is 39.7 Å². The van der Waals surface area contributed by atoms with Crippen LogP contribution in [0.15, 0.2) is 0 Å². The van der Waals surface area contributed by atoms with Gasteiger partial charge in [-0.05, 0) is 12.3 Å². The van der Waals surface area contributed by atoms with Crippen LogP contribution in [-0.4, -0.2) is 5.48 Å². The Morgan fingerprint density at radius 1 is 1.17 bits per heavy atom. The number of hydrogen-bond acceptors (Lipinski definition) is 0. The van der Waals surface area contributed by atoms with E-state index in [2.05, 4.69) is 27.7 Å². The van der Waals surface area contributed by atoms with Crippen molar-refractivity contribution in [3.8, 4) is 0 Å². The van der Waals surface area contributed by atoms with Gasteiger partial charge < -0.3 is 5.48 Å². The van der Waals surface area contributed by atoms with Crippen LogP contribution in [0.5, 0.6) is 0 Å². The third-order valence-electron chi connectivity index (χ3n) is 0. The first-order valence-electron chi connectivity index (χ1n) is 1.85. The molecular formula is C5H13O. The molecule has 6 heavy (non-hydrogen) atoms. The van der Waals surface area contributed by atoms with Gasteiger partial charge in [-0.2, -0.15) is 0 Å². The first-order valence-corrected chi connectivity index (χ1v) is 1.85. The molecule has 2 N–H and O–H groups in total. The normalized spacial score (nSPS) is 10.0. The average molecular weight is 89.2 g/mol. The van der Waals surface area contributed by atoms with E-state index >= 15 is 0 Å². The Morgan fingerprint density at radius 3 is 1.17 bits per heavy atom. The summed E-state index contributed by atoms with van der Waals surface area (Å²) in [5.74, 6) is 0. The van der Waals surface area contributed by atoms with Crippen LogP contribution in [0.1, 0.15) is 20.8 Å². The number of hydrogen-bond donors (Lipinski definition) is 0. The fraction of sp³-hybridized carbons (Fsp3) is 0.800. The molecule has 0 heterocycles. The third kappa shape index (κ3) is 21700. The van der Waals surface area contributed by atoms with Gasteiger partial charge in [0.25, 0.3) is 0 Å². The van der Waals surface area contributed by atoms with Gasteiger partial charge in [0.2, 0.25) is 0 Å². The van der Waals surface area contributed by atoms with Gasteiger partial charge >= 0.3 is 0 Å². The zero-order valence-electron chi connectivity index (χ0n) is 4.71. The van der Waals surface area contributed by atoms with Gasteiger partial charge in [-0.3, -0.25) is 0 Å². The molecular weight excluding hydrogens is 76.1 g/mol. The topological polar surface area (TPSA) is 31.5 Å². The molecule has 1 heteroatoms. The van der Waals surface area contributed by atoms with Gasteiger partial charge in [-0.25, -0.2) is 0 Å². The molecule has 0 aromatic rings. The summed E-state index contributed by atoms with van der Waals surface area (Å²) in [5.41, 5.74) is 0.250. The summed E-state index contributed by atoms with van der Waals surface area (Å²) in [5, 5.41) is 0. The molecule has 0 aliphatic carbocycles. The fourth-order valence-corrected chi connectivity index (χ4v) is 0. The Kier molecular flexibility index (Phi) is 3.41. The van der Waals surface area contributed by atoms with Gasteiger partial charge in [0.05, 0.1) is 0 Å². The predicted octanol–water partition coefficient (Wildman–Crippen LogP) is 1.04. The summed E-state index contributed by atoms with van der Waals surface area (Å²) < 4.78 is 0. The second kappa shape index (κ2) is 2.19. The van der Waals surface area contributed by atoms with Crippen LogP contribution >= 0.6 is 0 Å². The highest BCUT2D eigenvalue weighted by Crippen LogP contribution is 2.07. The Morgan fingerprint density at radius 2 is 1.17 bits per heavy atom. The van der Waals surface area contributed by atoms with E-state index in [4.69, 9.17) is 0 Å². The quantitative estimate of drug-likeness (QED) is 0.424. The lowest BCUT2D eigenvalue weighted by atomic mass is 10.0. The van der Waals surface area contributed by atoms with Crippen LogP contribution in [-0.2, 0) is 0 Å². The zero-order valence-corrected chi connectivity index (χ0v) is 4.71. The lowest BCUT2D eigenvalue weighted by Gasteiger charge is -2.05. The van der Waals surface area contributed by atoms with Crippen LogP contribution in [0.25, 0.3) is 0 Å². The minimum Gasteiger partial charge on any atom is -0.412 e. The summed E-state index contributed by atoms with van der Waals surface area (Å²) >= 11 is 0. The van der Waals surface area contributed by atoms with Gasteiger partial charge in [0.1, 0.15) is 0 Å². The van der Waals surface area contributed by atoms with Crippen molar-refractivity contribution in [2.24, 2.45) is 5.41 Å². The summed E-state index contributed by atoms with van der Waals surface area (Å²) in [4.78, 5) is 0. The Hall–Kier alpha value is -0.0400. The van der Waals surface area contributed by atoms with Gasteiger partial charge in [0, 0.05) is 0 Å². The van der Waals surface area contributed by atoms with E-state index in [1.165, 1.54) is 0 Å². The lowest BCUT2D eigenvalue weighted by molar-refractivity contribution is 0.539. The predicted molar refractivity (Wildman–Crippen MR) is 28.4 cm³/mol. The zero-order chi connectivity index (χ0) is 4.50. The first kappa shape index (κ1) is 9.35. The van der Waals surface area contributed by atoms with Crippen molar-refractivity contribution in [1.29, 1.82) is 0 Å². The number of rotatable bonds is 0. The minimum absolute atomic E-state index is 0. The van der Waals surface area contributed by atoms with Crippen molar-refractivity contribution >= 4 is 0 Å². The molecule has 0 atom stereocenters. The lowest BCUT2D eigenvalue weighted by Crippen LogP contribution is -1.94. The maximum absolute atomic E-state index is 3.77. The molecule has 1 radical (unpaired) electrons. The highest BCUT2D eigenvalue weighted by molar-refractivity contribution is 4.60. The van der Waals surface area contributed by atoms with Crippen molar-refractivity contribution in [2.75, 3.05) is 0 Å². The van der Waals surface area contributed by atoms with E-state index in [1.807, 2.05) is 0 Å². The largest absolute Gasteiger partial charge is 0.412 e. The van der Waals surface area contributed by atoms with Gasteiger partial charge in [0.15, 0.2) is 0 Å². The van der Waals surface area contributed by atoms with Crippen LogP contribution < -0.4 is 0 Å². The molecule has 0 rings (SSSR count). The highest BCUT2D eigenvalue weighted by atomic mass is 16.0. The molecule has 0 saturated heterocycles. The van der Waals surface area contributed by atoms with E-state index in [9.17, 15) is 0 Å². The van der Waals surface area contributed by atoms with E-state index in [0.717, 1.165) is 0 Å². The first-order chi connectivity index (χ1) is 2.00. The molecule has 1 nitrogen and oxygen atoms in total. The Balaban J connectivity index is 0. The molecule has 0 aromatic heterocycles. The smallest absolute Gasteiger partial charge is 0.0382 e. The van der Waals surface area contributed by atoms with Crippen LogP contribution in [0.2, 0.25) is 0 Å². The summed E-state index contributed by atoms with van der Waals surface area (Å²) in [6.45, 7) is 10.0. The van der Waals surface area contributed by atoms with Crippen LogP contribution in [0, 0.1) is 12.3 Å². The standard InChI is InChI=1S/C5H11.H2O/c1-5(2,3)4;/h1H2,2-4H3;1H2. The molecule has 0 aliphatic heterocycles. The molecule has 0 amide bonds. The highest BCUT2D eigenvalue weighted by Gasteiger charge is 1.95. The van der Waals surface area contributed by atoms with Crippen molar-refractivity contribution in [2.45, 2.75) is 20.8 Å². The molecule has 0 unspecified atom stereocenters. The van der Waals surface area contributed by atoms with Crippen molar-refractivity contribution in [3.05, 3.63) is 6.92 Å². The van der Waals surface area contributed by atoms with Crippen LogP contribution in [0.4, 0.5) is 0 Å². The van der Waals surface area contributed by atoms with Crippen LogP contribution in [0.3, 0.4) is 0 Å². The maximum atomic E-state index is 3.77. The third-order valence-corrected chi connectivity index (χ3v) is 0. The SMILES string of the molecule is O.[CH2]C(C)(C)C. The molecule has 0 bridgehead atoms. The van der Waals surface area contributed by atoms with E-state index in [-0.39, 0.29) is 10.9 Å². The molecule has 39 valence electrons. The van der Waals surface area contributed by atoms with Crippen molar-refractivity contribution in [3.63, 3.8) is 0 Å². The van der Waals surface area contributed by atoms with E-state index < -0.39 is 0 Å². The molecule has 0 spiro atoms. The van der Waals surface area contributed by atoms with E-state index in [0.29, 0.717) is 0 Å². The molecule has 0 saturated carbocycles. The maximum Gasteiger partial charge on any atom is -0.0382 e. The minimum atomic E-state index is 0. The Bertz CT molecular complexity index is 19.4. The van der Waals surface area contributed by atoms with Gasteiger partial charge in [-0.15, -0.1) is 0 Å². The summed E-state index contributed by atoms with van der Waals surface area (Å²) in [7, 11) is 0. The second-order valence-corrected chi connectivity index (χ2v) is 2.56. The monoisotopic (exact) mass is 89.1 g/mol. The van der Waals surface area contributed by atoms with E-state index in [1.54, 1.807) is 0 Å². The van der Waals surface area contributed by atoms with Crippen molar-refractivity contribution in [1.82, 2.24) is 0 Å². The average Bonchev–Trinajstić information content (AvgIpc) is 0.722. The van der Waals surface area contributed by atoms with Crippen molar-refractivity contribution < 1.29 is 5.48 Å². The molecule has 0 aliphatic rings. The second-order valence-electron chi connectivity index (χ2n) is 2.56. The molecule has 0 aromatic carbocycles. The molecule has 0 fully saturated rings. The summed E-state index contributed by atoms with van der Waals surface area (Å²) in [6.07, 6.45) is 0. The fourth-order valence-electron chi connectivity index (χ4n) is 0. The van der Waals surface area contributed by atoms with Gasteiger partial charge in [-0.1, -0.05) is 20.8 Å². The summed E-state index contributed by atoms with van der Waals surface area (Å²) in [6, 6.07) is 0.